The molecule has 16 heteroatoms. The van der Waals surface area contributed by atoms with Crippen molar-refractivity contribution in [2.45, 2.75) is 60.7 Å². The molecule has 0 radical (unpaired) electrons. The second-order valence-electron chi connectivity index (χ2n) is 8.63. The van der Waals surface area contributed by atoms with Crippen LogP contribution in [0.25, 0.3) is 11.1 Å². The molecule has 0 saturated carbocycles. The average Bonchev–Trinajstić information content (AvgIpc) is 2.83. The van der Waals surface area contributed by atoms with Crippen molar-refractivity contribution in [3.05, 3.63) is 60.2 Å². The summed E-state index contributed by atoms with van der Waals surface area (Å²) in [5, 5.41) is 0. The number of ether oxygens (including phenoxy) is 1. The highest BCUT2D eigenvalue weighted by Gasteiger charge is 2.93. The van der Waals surface area contributed by atoms with Gasteiger partial charge >= 0.3 is 41.7 Å². The zero-order valence-electron chi connectivity index (χ0n) is 19.5. The van der Waals surface area contributed by atoms with Gasteiger partial charge in [0.05, 0.1) is 12.0 Å². The van der Waals surface area contributed by atoms with Crippen molar-refractivity contribution in [2.75, 3.05) is 7.11 Å². The summed E-state index contributed by atoms with van der Waals surface area (Å²) in [5.41, 5.74) is -2.47. The van der Waals surface area contributed by atoms with Crippen LogP contribution in [0.1, 0.15) is 18.9 Å². The van der Waals surface area contributed by atoms with Crippen LogP contribution in [0.5, 0.6) is 0 Å². The highest BCUT2D eigenvalue weighted by molar-refractivity contribution is 5.64. The van der Waals surface area contributed by atoms with E-state index in [1.165, 1.54) is 24.3 Å². The summed E-state index contributed by atoms with van der Waals surface area (Å²) in [5.74, 6) is -46.8. The maximum atomic E-state index is 14.6. The van der Waals surface area contributed by atoms with Gasteiger partial charge < -0.3 is 4.74 Å². The van der Waals surface area contributed by atoms with Gasteiger partial charge in [-0.05, 0) is 29.7 Å². The molecule has 1 unspecified atom stereocenters. The molecule has 1 atom stereocenters. The lowest BCUT2D eigenvalue weighted by atomic mass is 9.83. The number of hydrogen-bond acceptors (Lipinski definition) is 1. The molecule has 220 valence electrons. The molecular weight excluding hydrogens is 577 g/mol. The van der Waals surface area contributed by atoms with Gasteiger partial charge in [0, 0.05) is 7.11 Å². The first-order chi connectivity index (χ1) is 17.3. The Balaban J connectivity index is 2.56. The molecule has 2 rings (SSSR count). The summed E-state index contributed by atoms with van der Waals surface area (Å²) in [6.07, 6.45) is -10.3. The molecule has 0 N–H and O–H groups in total. The summed E-state index contributed by atoms with van der Waals surface area (Å²) in [4.78, 5) is 0. The van der Waals surface area contributed by atoms with Crippen molar-refractivity contribution in [1.29, 1.82) is 0 Å². The molecule has 0 bridgehead atoms. The van der Waals surface area contributed by atoms with Gasteiger partial charge in [0.1, 0.15) is 0 Å². The van der Waals surface area contributed by atoms with E-state index in [0.29, 0.717) is 19.6 Å². The lowest BCUT2D eigenvalue weighted by Gasteiger charge is -2.43. The fraction of sp³-hybridized carbons (Fsp3) is 0.478. The van der Waals surface area contributed by atoms with E-state index in [1.54, 1.807) is 18.2 Å². The number of halogens is 15. The summed E-state index contributed by atoms with van der Waals surface area (Å²) in [7, 11) is 0.619. The van der Waals surface area contributed by atoms with E-state index in [4.69, 9.17) is 4.74 Å². The van der Waals surface area contributed by atoms with E-state index >= 15 is 0 Å². The SMILES string of the molecule is COC(C)(CC(F)(F)C(F)(F)C(F)(F)C(F)(F)C(F)(F)C(F)(F)C(F)(F)F)c1cccc(-c2ccccc2)c1. The minimum atomic E-state index is -8.33. The Morgan fingerprint density at radius 3 is 1.44 bits per heavy atom. The predicted molar refractivity (Wildman–Crippen MR) is 107 cm³/mol. The summed E-state index contributed by atoms with van der Waals surface area (Å²) < 4.78 is 208. The quantitative estimate of drug-likeness (QED) is 0.250. The Morgan fingerprint density at radius 2 is 0.974 bits per heavy atom. The molecule has 0 heterocycles. The fourth-order valence-corrected chi connectivity index (χ4v) is 3.48. The molecule has 0 saturated heterocycles. The average molecular weight is 594 g/mol. The summed E-state index contributed by atoms with van der Waals surface area (Å²) in [6.45, 7) is 0.615. The van der Waals surface area contributed by atoms with Crippen LogP contribution in [-0.2, 0) is 10.3 Å². The minimum absolute atomic E-state index is 0.248. The number of hydrogen-bond donors (Lipinski definition) is 0. The molecule has 0 aromatic heterocycles. The Kier molecular flexibility index (Phi) is 8.15. The van der Waals surface area contributed by atoms with Gasteiger partial charge in [-0.2, -0.15) is 65.9 Å². The first-order valence-electron chi connectivity index (χ1n) is 10.4. The molecule has 0 amide bonds. The van der Waals surface area contributed by atoms with Gasteiger partial charge in [-0.3, -0.25) is 0 Å². The third-order valence-corrected chi connectivity index (χ3v) is 5.98. The van der Waals surface area contributed by atoms with E-state index in [2.05, 4.69) is 0 Å². The Morgan fingerprint density at radius 1 is 0.538 bits per heavy atom. The van der Waals surface area contributed by atoms with Crippen molar-refractivity contribution in [3.8, 4) is 11.1 Å². The molecule has 2 aromatic rings. The van der Waals surface area contributed by atoms with Gasteiger partial charge in [0.25, 0.3) is 0 Å². The maximum absolute atomic E-state index is 14.6. The Labute approximate surface area is 210 Å². The van der Waals surface area contributed by atoms with Crippen molar-refractivity contribution >= 4 is 0 Å². The van der Waals surface area contributed by atoms with Gasteiger partial charge in [-0.15, -0.1) is 0 Å². The highest BCUT2D eigenvalue weighted by atomic mass is 19.4. The van der Waals surface area contributed by atoms with E-state index < -0.39 is 59.3 Å². The number of alkyl halides is 15. The van der Waals surface area contributed by atoms with Crippen LogP contribution in [0.2, 0.25) is 0 Å². The Bertz CT molecular complexity index is 1140. The normalized spacial score (nSPS) is 16.2. The molecule has 0 aliphatic heterocycles. The first kappa shape index (κ1) is 32.6. The van der Waals surface area contributed by atoms with E-state index in [9.17, 15) is 65.9 Å². The van der Waals surface area contributed by atoms with Crippen LogP contribution in [0.4, 0.5) is 65.9 Å². The highest BCUT2D eigenvalue weighted by Crippen LogP contribution is 2.63. The van der Waals surface area contributed by atoms with Gasteiger partial charge in [-0.25, -0.2) is 0 Å². The second-order valence-corrected chi connectivity index (χ2v) is 8.63. The summed E-state index contributed by atoms with van der Waals surface area (Å²) >= 11 is 0. The van der Waals surface area contributed by atoms with E-state index in [-0.39, 0.29) is 5.56 Å². The third kappa shape index (κ3) is 5.04. The van der Waals surface area contributed by atoms with Crippen LogP contribution in [-0.4, -0.2) is 48.8 Å². The Hall–Kier alpha value is -2.65. The number of methoxy groups -OCH3 is 1. The van der Waals surface area contributed by atoms with E-state index in [1.807, 2.05) is 0 Å². The van der Waals surface area contributed by atoms with Crippen molar-refractivity contribution in [3.63, 3.8) is 0 Å². The van der Waals surface area contributed by atoms with Crippen LogP contribution >= 0.6 is 0 Å². The van der Waals surface area contributed by atoms with E-state index in [0.717, 1.165) is 12.1 Å². The van der Waals surface area contributed by atoms with Gasteiger partial charge in [0.15, 0.2) is 0 Å². The predicted octanol–water partition coefficient (Wildman–Crippen LogP) is 8.98. The molecule has 0 fully saturated rings. The smallest absolute Gasteiger partial charge is 0.374 e. The molecule has 0 spiro atoms. The molecular formula is C23H17F15O. The molecule has 39 heavy (non-hydrogen) atoms. The topological polar surface area (TPSA) is 9.23 Å². The molecule has 0 aliphatic carbocycles. The molecule has 1 nitrogen and oxygen atoms in total. The lowest BCUT2D eigenvalue weighted by molar-refractivity contribution is -0.453. The van der Waals surface area contributed by atoms with Crippen LogP contribution in [0, 0.1) is 0 Å². The largest absolute Gasteiger partial charge is 0.460 e. The molecule has 2 aromatic carbocycles. The monoisotopic (exact) mass is 594 g/mol. The minimum Gasteiger partial charge on any atom is -0.374 e. The summed E-state index contributed by atoms with van der Waals surface area (Å²) in [6, 6.07) is 12.4. The fourth-order valence-electron chi connectivity index (χ4n) is 3.48. The maximum Gasteiger partial charge on any atom is 0.460 e. The van der Waals surface area contributed by atoms with Crippen LogP contribution < -0.4 is 0 Å². The number of rotatable bonds is 10. The van der Waals surface area contributed by atoms with Crippen molar-refractivity contribution < 1.29 is 70.6 Å². The first-order valence-corrected chi connectivity index (χ1v) is 10.4. The van der Waals surface area contributed by atoms with Gasteiger partial charge in [-0.1, -0.05) is 48.5 Å². The van der Waals surface area contributed by atoms with Crippen molar-refractivity contribution in [1.82, 2.24) is 0 Å². The molecule has 0 aliphatic rings. The third-order valence-electron chi connectivity index (χ3n) is 5.98. The van der Waals surface area contributed by atoms with Crippen molar-refractivity contribution in [2.24, 2.45) is 0 Å². The zero-order chi connectivity index (χ0) is 30.5. The van der Waals surface area contributed by atoms with Crippen LogP contribution in [0.15, 0.2) is 54.6 Å². The zero-order valence-corrected chi connectivity index (χ0v) is 19.5. The number of benzene rings is 2. The standard InChI is InChI=1S/C23H17F15O/c1-16(39-2,15-10-6-9-14(11-15)13-7-4-3-5-8-13)12-17(24,25)18(26,27)19(28,29)20(30,31)21(32,33)22(34,35)23(36,37)38/h3-11H,12H2,1-2H3. The second kappa shape index (κ2) is 9.77. The van der Waals surface area contributed by atoms with Gasteiger partial charge in [0.2, 0.25) is 0 Å². The lowest BCUT2D eigenvalue weighted by Crippen LogP contribution is -2.72. The van der Waals surface area contributed by atoms with Crippen LogP contribution in [0.3, 0.4) is 0 Å².